The van der Waals surface area contributed by atoms with Crippen molar-refractivity contribution in [1.82, 2.24) is 9.97 Å². The van der Waals surface area contributed by atoms with Crippen LogP contribution in [-0.4, -0.2) is 23.1 Å². The average Bonchev–Trinajstić information content (AvgIpc) is 3.02. The Bertz CT molecular complexity index is 502. The van der Waals surface area contributed by atoms with Crippen LogP contribution in [0.1, 0.15) is 31.9 Å². The molecule has 0 aliphatic heterocycles. The Morgan fingerprint density at radius 1 is 1.19 bits per heavy atom. The number of nitrogens with one attached hydrogen (secondary N) is 2. The second-order valence-electron chi connectivity index (χ2n) is 4.55. The summed E-state index contributed by atoms with van der Waals surface area (Å²) >= 11 is 0. The molecule has 0 saturated carbocycles. The van der Waals surface area contributed by atoms with Crippen molar-refractivity contribution in [2.45, 2.75) is 33.4 Å². The normalized spacial score (nSPS) is 10.6. The van der Waals surface area contributed by atoms with Crippen molar-refractivity contribution in [1.29, 1.82) is 0 Å². The molecule has 0 saturated heterocycles. The van der Waals surface area contributed by atoms with Gasteiger partial charge in [-0.15, -0.1) is 0 Å². The molecule has 2 aromatic rings. The highest BCUT2D eigenvalue weighted by Gasteiger charge is 2.05. The van der Waals surface area contributed by atoms with E-state index in [2.05, 4.69) is 27.5 Å². The first kappa shape index (κ1) is 15.3. The van der Waals surface area contributed by atoms with Crippen LogP contribution in [0, 0.1) is 0 Å². The molecule has 0 aliphatic carbocycles. The standard InChI is InChI=1S/C15H22N4O2/c1-3-7-16-13-9-14(17-10-12-6-5-8-21-12)19-15(18-13)11-20-4-2/h5-6,8-9H,3-4,7,10-11H2,1-2H3,(H2,16,17,18,19). The van der Waals surface area contributed by atoms with E-state index in [1.54, 1.807) is 6.26 Å². The lowest BCUT2D eigenvalue weighted by Crippen LogP contribution is -2.09. The maximum absolute atomic E-state index is 5.39. The van der Waals surface area contributed by atoms with Gasteiger partial charge in [0.25, 0.3) is 0 Å². The van der Waals surface area contributed by atoms with Gasteiger partial charge >= 0.3 is 0 Å². The minimum atomic E-state index is 0.410. The molecular weight excluding hydrogens is 268 g/mol. The zero-order valence-electron chi connectivity index (χ0n) is 12.6. The number of hydrogen-bond donors (Lipinski definition) is 2. The largest absolute Gasteiger partial charge is 0.467 e. The third-order valence-electron chi connectivity index (χ3n) is 2.79. The number of rotatable bonds is 9. The van der Waals surface area contributed by atoms with Crippen LogP contribution in [0.2, 0.25) is 0 Å². The number of nitrogens with zero attached hydrogens (tertiary/aromatic N) is 2. The van der Waals surface area contributed by atoms with E-state index in [1.807, 2.05) is 25.1 Å². The molecule has 21 heavy (non-hydrogen) atoms. The maximum atomic E-state index is 5.39. The Balaban J connectivity index is 2.05. The molecule has 114 valence electrons. The van der Waals surface area contributed by atoms with Crippen LogP contribution in [0.5, 0.6) is 0 Å². The Kier molecular flexibility index (Phi) is 6.02. The summed E-state index contributed by atoms with van der Waals surface area (Å²) in [6.07, 6.45) is 2.70. The van der Waals surface area contributed by atoms with E-state index in [0.717, 1.165) is 30.4 Å². The van der Waals surface area contributed by atoms with E-state index < -0.39 is 0 Å². The number of ether oxygens (including phenoxy) is 1. The highest BCUT2D eigenvalue weighted by molar-refractivity contribution is 5.47. The van der Waals surface area contributed by atoms with Gasteiger partial charge in [-0.1, -0.05) is 6.92 Å². The van der Waals surface area contributed by atoms with Gasteiger partial charge in [0.05, 0.1) is 12.8 Å². The van der Waals surface area contributed by atoms with Crippen LogP contribution < -0.4 is 10.6 Å². The molecular formula is C15H22N4O2. The molecule has 2 aromatic heterocycles. The van der Waals surface area contributed by atoms with Gasteiger partial charge in [0, 0.05) is 19.2 Å². The summed E-state index contributed by atoms with van der Waals surface area (Å²) in [5.74, 6) is 3.10. The van der Waals surface area contributed by atoms with Crippen molar-refractivity contribution in [3.63, 3.8) is 0 Å². The molecule has 2 N–H and O–H groups in total. The van der Waals surface area contributed by atoms with Crippen LogP contribution in [0.4, 0.5) is 11.6 Å². The first-order chi connectivity index (χ1) is 10.3. The van der Waals surface area contributed by atoms with Gasteiger partial charge in [-0.05, 0) is 25.5 Å². The summed E-state index contributed by atoms with van der Waals surface area (Å²) in [5.41, 5.74) is 0. The number of hydrogen-bond acceptors (Lipinski definition) is 6. The zero-order valence-corrected chi connectivity index (χ0v) is 12.6. The van der Waals surface area contributed by atoms with Crippen LogP contribution in [0.25, 0.3) is 0 Å². The summed E-state index contributed by atoms with van der Waals surface area (Å²) in [7, 11) is 0. The van der Waals surface area contributed by atoms with Crippen LogP contribution in [0.15, 0.2) is 28.9 Å². The van der Waals surface area contributed by atoms with Crippen LogP contribution in [-0.2, 0) is 17.9 Å². The molecule has 0 bridgehead atoms. The molecule has 0 fully saturated rings. The first-order valence-electron chi connectivity index (χ1n) is 7.27. The van der Waals surface area contributed by atoms with Crippen molar-refractivity contribution in [2.24, 2.45) is 0 Å². The number of aromatic nitrogens is 2. The first-order valence-corrected chi connectivity index (χ1v) is 7.27. The van der Waals surface area contributed by atoms with Gasteiger partial charge in [-0.3, -0.25) is 0 Å². The van der Waals surface area contributed by atoms with Crippen molar-refractivity contribution in [3.8, 4) is 0 Å². The highest BCUT2D eigenvalue weighted by atomic mass is 16.5. The molecule has 0 amide bonds. The van der Waals surface area contributed by atoms with Gasteiger partial charge < -0.3 is 19.8 Å². The predicted molar refractivity (Wildman–Crippen MR) is 82.2 cm³/mol. The van der Waals surface area contributed by atoms with Crippen LogP contribution >= 0.6 is 0 Å². The molecule has 0 radical (unpaired) electrons. The lowest BCUT2D eigenvalue weighted by atomic mass is 10.4. The van der Waals surface area contributed by atoms with Gasteiger partial charge in [0.2, 0.25) is 0 Å². The van der Waals surface area contributed by atoms with E-state index in [0.29, 0.717) is 25.6 Å². The molecule has 2 rings (SSSR count). The van der Waals surface area contributed by atoms with Gasteiger partial charge in [-0.2, -0.15) is 0 Å². The van der Waals surface area contributed by atoms with E-state index in [1.165, 1.54) is 0 Å². The van der Waals surface area contributed by atoms with Crippen molar-refractivity contribution >= 4 is 11.6 Å². The third kappa shape index (κ3) is 5.07. The molecule has 0 unspecified atom stereocenters. The Hall–Kier alpha value is -2.08. The molecule has 0 spiro atoms. The lowest BCUT2D eigenvalue weighted by molar-refractivity contribution is 0.128. The Labute approximate surface area is 124 Å². The van der Waals surface area contributed by atoms with E-state index >= 15 is 0 Å². The number of furan rings is 1. The predicted octanol–water partition coefficient (Wildman–Crippen LogP) is 3.04. The fourth-order valence-corrected chi connectivity index (χ4v) is 1.78. The average molecular weight is 290 g/mol. The molecule has 6 heteroatoms. The Morgan fingerprint density at radius 2 is 2.00 bits per heavy atom. The molecule has 0 aliphatic rings. The fraction of sp³-hybridized carbons (Fsp3) is 0.467. The molecule has 2 heterocycles. The maximum Gasteiger partial charge on any atom is 0.158 e. The second-order valence-corrected chi connectivity index (χ2v) is 4.55. The summed E-state index contributed by atoms with van der Waals surface area (Å²) in [5, 5.41) is 6.51. The highest BCUT2D eigenvalue weighted by Crippen LogP contribution is 2.13. The smallest absolute Gasteiger partial charge is 0.158 e. The van der Waals surface area contributed by atoms with Gasteiger partial charge in [0.15, 0.2) is 5.82 Å². The van der Waals surface area contributed by atoms with E-state index in [9.17, 15) is 0 Å². The molecule has 0 aromatic carbocycles. The van der Waals surface area contributed by atoms with Crippen molar-refractivity contribution < 1.29 is 9.15 Å². The quantitative estimate of drug-likeness (QED) is 0.739. The molecule has 6 nitrogen and oxygen atoms in total. The zero-order chi connectivity index (χ0) is 14.9. The minimum absolute atomic E-state index is 0.410. The third-order valence-corrected chi connectivity index (χ3v) is 2.79. The summed E-state index contributed by atoms with van der Waals surface area (Å²) in [6, 6.07) is 5.69. The summed E-state index contributed by atoms with van der Waals surface area (Å²) < 4.78 is 10.7. The van der Waals surface area contributed by atoms with E-state index in [-0.39, 0.29) is 0 Å². The second kappa shape index (κ2) is 8.26. The van der Waals surface area contributed by atoms with Crippen LogP contribution in [0.3, 0.4) is 0 Å². The minimum Gasteiger partial charge on any atom is -0.467 e. The topological polar surface area (TPSA) is 72.2 Å². The SMILES string of the molecule is CCCNc1cc(NCc2ccco2)nc(COCC)n1. The Morgan fingerprint density at radius 3 is 2.67 bits per heavy atom. The van der Waals surface area contributed by atoms with Gasteiger partial charge in [0.1, 0.15) is 24.0 Å². The summed E-state index contributed by atoms with van der Waals surface area (Å²) in [6.45, 7) is 6.59. The monoisotopic (exact) mass is 290 g/mol. The van der Waals surface area contributed by atoms with Crippen molar-refractivity contribution in [3.05, 3.63) is 36.0 Å². The number of anilines is 2. The fourth-order valence-electron chi connectivity index (χ4n) is 1.78. The van der Waals surface area contributed by atoms with Crippen molar-refractivity contribution in [2.75, 3.05) is 23.8 Å². The van der Waals surface area contributed by atoms with E-state index in [4.69, 9.17) is 9.15 Å². The summed E-state index contributed by atoms with van der Waals surface area (Å²) in [4.78, 5) is 8.89. The molecule has 0 atom stereocenters. The van der Waals surface area contributed by atoms with Gasteiger partial charge in [-0.25, -0.2) is 9.97 Å². The lowest BCUT2D eigenvalue weighted by Gasteiger charge is -2.10.